The monoisotopic (exact) mass is 349 g/mol. The van der Waals surface area contributed by atoms with E-state index in [0.29, 0.717) is 0 Å². The number of carbonyl (C=O) groups excluding carboxylic acids is 1. The zero-order valence-corrected chi connectivity index (χ0v) is 12.5. The molecule has 2 aromatic rings. The molecule has 1 aromatic carbocycles. The topological polar surface area (TPSA) is 56.2 Å². The van der Waals surface area contributed by atoms with Crippen molar-refractivity contribution in [1.29, 1.82) is 0 Å². The van der Waals surface area contributed by atoms with Crippen molar-refractivity contribution < 1.29 is 31.5 Å². The number of hydrogen-bond acceptors (Lipinski definition) is 3. The molecule has 0 bridgehead atoms. The van der Waals surface area contributed by atoms with Crippen molar-refractivity contribution in [3.05, 3.63) is 41.5 Å². The van der Waals surface area contributed by atoms with Crippen molar-refractivity contribution in [3.63, 3.8) is 0 Å². The number of rotatable bonds is 5. The van der Waals surface area contributed by atoms with Crippen LogP contribution in [0.4, 0.5) is 27.6 Å². The van der Waals surface area contributed by atoms with Gasteiger partial charge in [-0.05, 0) is 19.1 Å². The minimum atomic E-state index is -4.74. The number of hydrogen-bond donors (Lipinski definition) is 1. The van der Waals surface area contributed by atoms with Crippen LogP contribution in [0.5, 0.6) is 5.75 Å². The number of carbonyl (C=O) groups is 1. The van der Waals surface area contributed by atoms with Crippen molar-refractivity contribution in [3.8, 4) is 5.75 Å². The van der Waals surface area contributed by atoms with Crippen LogP contribution in [0, 0.1) is 12.9 Å². The third kappa shape index (κ3) is 3.47. The van der Waals surface area contributed by atoms with Gasteiger partial charge in [-0.3, -0.25) is 4.79 Å². The summed E-state index contributed by atoms with van der Waals surface area (Å²) in [7, 11) is 1.28. The van der Waals surface area contributed by atoms with Gasteiger partial charge in [-0.1, -0.05) is 12.1 Å². The van der Waals surface area contributed by atoms with E-state index in [0.717, 1.165) is 16.8 Å². The third-order valence-corrected chi connectivity index (χ3v) is 3.01. The molecule has 0 radical (unpaired) electrons. The molecule has 0 aliphatic heterocycles. The predicted octanol–water partition coefficient (Wildman–Crippen LogP) is 3.36. The molecule has 1 aromatic heterocycles. The number of aryl methyl sites for hydroxylation is 2. The van der Waals surface area contributed by atoms with Gasteiger partial charge in [-0.25, -0.2) is 4.68 Å². The first kappa shape index (κ1) is 17.7. The van der Waals surface area contributed by atoms with Gasteiger partial charge in [0.1, 0.15) is 11.3 Å². The third-order valence-electron chi connectivity index (χ3n) is 3.01. The van der Waals surface area contributed by atoms with Gasteiger partial charge in [0.25, 0.3) is 5.91 Å². The van der Waals surface area contributed by atoms with E-state index in [1.54, 1.807) is 0 Å². The molecule has 0 saturated heterocycles. The summed E-state index contributed by atoms with van der Waals surface area (Å²) in [6.07, 6.45) is -8.80. The van der Waals surface area contributed by atoms with Gasteiger partial charge in [0, 0.05) is 7.05 Å². The molecule has 10 heteroatoms. The molecule has 0 aliphatic carbocycles. The Balaban J connectivity index is 2.29. The highest BCUT2D eigenvalue weighted by molar-refractivity contribution is 6.05. The van der Waals surface area contributed by atoms with Gasteiger partial charge in [-0.2, -0.15) is 27.1 Å². The lowest BCUT2D eigenvalue weighted by atomic mass is 10.2. The predicted molar refractivity (Wildman–Crippen MR) is 73.9 cm³/mol. The lowest BCUT2D eigenvalue weighted by molar-refractivity contribution is -0.252. The van der Waals surface area contributed by atoms with Crippen molar-refractivity contribution in [2.75, 3.05) is 5.32 Å². The Morgan fingerprint density at radius 2 is 1.96 bits per heavy atom. The van der Waals surface area contributed by atoms with E-state index in [4.69, 9.17) is 0 Å². The number of amides is 1. The van der Waals surface area contributed by atoms with Crippen molar-refractivity contribution in [2.45, 2.75) is 19.5 Å². The molecule has 0 spiro atoms. The maximum atomic E-state index is 13.8. The molecule has 0 aliphatic rings. The van der Waals surface area contributed by atoms with Crippen LogP contribution < -0.4 is 10.1 Å². The molecule has 1 N–H and O–H groups in total. The Kier molecular flexibility index (Phi) is 4.76. The van der Waals surface area contributed by atoms with Gasteiger partial charge in [-0.15, -0.1) is 0 Å². The normalized spacial score (nSPS) is 11.7. The highest BCUT2D eigenvalue weighted by Crippen LogP contribution is 2.32. The molecule has 0 fully saturated rings. The first-order valence-corrected chi connectivity index (χ1v) is 6.58. The van der Waals surface area contributed by atoms with Gasteiger partial charge < -0.3 is 10.1 Å². The Labute approximate surface area is 133 Å². The summed E-state index contributed by atoms with van der Waals surface area (Å²) in [6.45, 7) is 1.38. The second-order valence-electron chi connectivity index (χ2n) is 4.79. The molecular weight excluding hydrogens is 337 g/mol. The van der Waals surface area contributed by atoms with E-state index < -0.39 is 35.7 Å². The van der Waals surface area contributed by atoms with E-state index in [9.17, 15) is 26.7 Å². The van der Waals surface area contributed by atoms with Crippen LogP contribution in [0.15, 0.2) is 24.3 Å². The average molecular weight is 349 g/mol. The number of nitrogens with one attached hydrogen (secondary N) is 1. The fraction of sp³-hybridized carbons (Fsp3) is 0.286. The lowest BCUT2D eigenvalue weighted by Crippen LogP contribution is -2.33. The SMILES string of the molecule is Cc1nn(C)c(F)c1C(=O)Nc1ccccc1OC(F)(F)C(F)F. The summed E-state index contributed by atoms with van der Waals surface area (Å²) in [6, 6.07) is 4.73. The van der Waals surface area contributed by atoms with E-state index in [-0.39, 0.29) is 11.4 Å². The molecule has 1 heterocycles. The van der Waals surface area contributed by atoms with Crippen LogP contribution in [-0.4, -0.2) is 28.2 Å². The molecule has 0 saturated carbocycles. The van der Waals surface area contributed by atoms with Crippen molar-refractivity contribution >= 4 is 11.6 Å². The number of nitrogens with zero attached hydrogens (tertiary/aromatic N) is 2. The van der Waals surface area contributed by atoms with E-state index >= 15 is 0 Å². The van der Waals surface area contributed by atoms with Crippen LogP contribution in [-0.2, 0) is 7.05 Å². The largest absolute Gasteiger partial charge is 0.461 e. The van der Waals surface area contributed by atoms with E-state index in [1.807, 2.05) is 0 Å². The van der Waals surface area contributed by atoms with Crippen LogP contribution in [0.25, 0.3) is 0 Å². The van der Waals surface area contributed by atoms with Gasteiger partial charge in [0.05, 0.1) is 11.4 Å². The standard InChI is InChI=1S/C14H12F5N3O2/c1-7-10(11(15)22(2)21-7)12(23)20-8-5-3-4-6-9(8)24-14(18,19)13(16)17/h3-6,13H,1-2H3,(H,20,23). The van der Waals surface area contributed by atoms with E-state index in [2.05, 4.69) is 15.2 Å². The number of benzene rings is 1. The van der Waals surface area contributed by atoms with E-state index in [1.165, 1.54) is 26.1 Å². The number of para-hydroxylation sites is 2. The summed E-state index contributed by atoms with van der Waals surface area (Å²) in [5.74, 6) is -2.59. The van der Waals surface area contributed by atoms with Crippen LogP contribution in [0.2, 0.25) is 0 Å². The Hall–Kier alpha value is -2.65. The second-order valence-corrected chi connectivity index (χ2v) is 4.79. The number of halogens is 5. The molecule has 24 heavy (non-hydrogen) atoms. The van der Waals surface area contributed by atoms with Crippen LogP contribution >= 0.6 is 0 Å². The quantitative estimate of drug-likeness (QED) is 0.843. The maximum Gasteiger partial charge on any atom is 0.461 e. The van der Waals surface area contributed by atoms with Crippen molar-refractivity contribution in [1.82, 2.24) is 9.78 Å². The Bertz CT molecular complexity index is 761. The number of alkyl halides is 4. The summed E-state index contributed by atoms with van der Waals surface area (Å²) in [5, 5.41) is 5.86. The maximum absolute atomic E-state index is 13.8. The average Bonchev–Trinajstić information content (AvgIpc) is 2.73. The fourth-order valence-corrected chi connectivity index (χ4v) is 1.92. The smallest absolute Gasteiger partial charge is 0.426 e. The molecule has 0 atom stereocenters. The minimum absolute atomic E-state index is 0.0730. The summed E-state index contributed by atoms with van der Waals surface area (Å²) in [5.41, 5.74) is -0.637. The zero-order chi connectivity index (χ0) is 18.1. The molecule has 1 amide bonds. The molecular formula is C14H12F5N3O2. The number of ether oxygens (including phenoxy) is 1. The molecule has 5 nitrogen and oxygen atoms in total. The summed E-state index contributed by atoms with van der Waals surface area (Å²) in [4.78, 5) is 12.1. The second kappa shape index (κ2) is 6.46. The Morgan fingerprint density at radius 3 is 2.50 bits per heavy atom. The molecule has 0 unspecified atom stereocenters. The zero-order valence-electron chi connectivity index (χ0n) is 12.5. The first-order valence-electron chi connectivity index (χ1n) is 6.58. The molecule has 130 valence electrons. The minimum Gasteiger partial charge on any atom is -0.426 e. The molecule has 2 rings (SSSR count). The summed E-state index contributed by atoms with van der Waals surface area (Å²) >= 11 is 0. The van der Waals surface area contributed by atoms with Crippen molar-refractivity contribution in [2.24, 2.45) is 7.05 Å². The highest BCUT2D eigenvalue weighted by Gasteiger charge is 2.44. The van der Waals surface area contributed by atoms with Gasteiger partial charge >= 0.3 is 12.5 Å². The van der Waals surface area contributed by atoms with Crippen LogP contribution in [0.3, 0.4) is 0 Å². The Morgan fingerprint density at radius 1 is 1.33 bits per heavy atom. The highest BCUT2D eigenvalue weighted by atomic mass is 19.3. The summed E-state index contributed by atoms with van der Waals surface area (Å²) < 4.78 is 69.2. The number of aromatic nitrogens is 2. The fourth-order valence-electron chi connectivity index (χ4n) is 1.92. The van der Waals surface area contributed by atoms with Gasteiger partial charge in [0.2, 0.25) is 5.95 Å². The van der Waals surface area contributed by atoms with Crippen LogP contribution in [0.1, 0.15) is 16.1 Å². The first-order chi connectivity index (χ1) is 11.1. The van der Waals surface area contributed by atoms with Gasteiger partial charge in [0.15, 0.2) is 0 Å². The number of anilines is 1. The lowest BCUT2D eigenvalue weighted by Gasteiger charge is -2.19.